The summed E-state index contributed by atoms with van der Waals surface area (Å²) >= 11 is 0. The van der Waals surface area contributed by atoms with Crippen molar-refractivity contribution in [2.24, 2.45) is 11.1 Å². The summed E-state index contributed by atoms with van der Waals surface area (Å²) in [5, 5.41) is 2.71. The molecule has 0 aliphatic heterocycles. The lowest BCUT2D eigenvalue weighted by Gasteiger charge is -2.25. The van der Waals surface area contributed by atoms with Crippen LogP contribution in [0.2, 0.25) is 0 Å². The normalized spacial score (nSPS) is 19.2. The Hall–Kier alpha value is -0.620. The van der Waals surface area contributed by atoms with Gasteiger partial charge < -0.3 is 11.1 Å². The van der Waals surface area contributed by atoms with Crippen molar-refractivity contribution >= 4 is 15.7 Å². The van der Waals surface area contributed by atoms with E-state index in [0.717, 1.165) is 25.7 Å². The molecule has 1 aliphatic carbocycles. The predicted octanol–water partition coefficient (Wildman–Crippen LogP) is 0.0564. The molecule has 0 spiro atoms. The fourth-order valence-corrected chi connectivity index (χ4v) is 2.93. The van der Waals surface area contributed by atoms with Crippen molar-refractivity contribution in [3.8, 4) is 0 Å². The van der Waals surface area contributed by atoms with E-state index < -0.39 is 15.3 Å². The summed E-state index contributed by atoms with van der Waals surface area (Å²) in [7, 11) is -3.01. The van der Waals surface area contributed by atoms with E-state index in [0.29, 0.717) is 6.54 Å². The van der Waals surface area contributed by atoms with Crippen LogP contribution >= 0.6 is 0 Å². The zero-order chi connectivity index (χ0) is 12.9. The molecule has 1 aliphatic rings. The van der Waals surface area contributed by atoms with Crippen molar-refractivity contribution in [2.75, 3.05) is 24.6 Å². The molecule has 0 radical (unpaired) electrons. The van der Waals surface area contributed by atoms with E-state index in [1.54, 1.807) is 6.92 Å². The molecule has 0 aromatic rings. The topological polar surface area (TPSA) is 89.3 Å². The van der Waals surface area contributed by atoms with Crippen LogP contribution in [-0.2, 0) is 14.6 Å². The molecular weight excluding hydrogens is 240 g/mol. The summed E-state index contributed by atoms with van der Waals surface area (Å²) in [6.07, 6.45) is 3.68. The maximum atomic E-state index is 12.0. The van der Waals surface area contributed by atoms with Gasteiger partial charge in [0.2, 0.25) is 5.91 Å². The number of carbonyl (C=O) groups is 1. The molecule has 0 saturated heterocycles. The Morgan fingerprint density at radius 3 is 2.41 bits per heavy atom. The van der Waals surface area contributed by atoms with Gasteiger partial charge in [-0.2, -0.15) is 0 Å². The highest BCUT2D eigenvalue weighted by atomic mass is 32.2. The first-order valence-corrected chi connectivity index (χ1v) is 7.97. The first kappa shape index (κ1) is 14.4. The predicted molar refractivity (Wildman–Crippen MR) is 67.3 cm³/mol. The summed E-state index contributed by atoms with van der Waals surface area (Å²) in [5.41, 5.74) is 5.23. The van der Waals surface area contributed by atoms with E-state index >= 15 is 0 Å². The van der Waals surface area contributed by atoms with E-state index in [1.807, 2.05) is 0 Å². The molecule has 0 heterocycles. The number of hydrogen-bond acceptors (Lipinski definition) is 4. The summed E-state index contributed by atoms with van der Waals surface area (Å²) in [6, 6.07) is 0. The summed E-state index contributed by atoms with van der Waals surface area (Å²) in [5.74, 6) is 0.0460. The minimum absolute atomic E-state index is 0.00981. The lowest BCUT2D eigenvalue weighted by molar-refractivity contribution is -0.130. The summed E-state index contributed by atoms with van der Waals surface area (Å²) in [6.45, 7) is 2.14. The third-order valence-electron chi connectivity index (χ3n) is 3.57. The Kier molecular flexibility index (Phi) is 4.94. The highest BCUT2D eigenvalue weighted by Gasteiger charge is 2.39. The fraction of sp³-hybridized carbons (Fsp3) is 0.909. The molecule has 6 heteroatoms. The third-order valence-corrected chi connectivity index (χ3v) is 5.28. The second-order valence-electron chi connectivity index (χ2n) is 4.68. The van der Waals surface area contributed by atoms with Crippen molar-refractivity contribution in [1.29, 1.82) is 0 Å². The first-order chi connectivity index (χ1) is 7.96. The fourth-order valence-electron chi connectivity index (χ4n) is 2.23. The summed E-state index contributed by atoms with van der Waals surface area (Å²) < 4.78 is 22.6. The van der Waals surface area contributed by atoms with E-state index in [-0.39, 0.29) is 24.0 Å². The maximum absolute atomic E-state index is 12.0. The molecule has 0 aromatic carbocycles. The van der Waals surface area contributed by atoms with Gasteiger partial charge >= 0.3 is 0 Å². The Bertz CT molecular complexity index is 359. The van der Waals surface area contributed by atoms with Crippen molar-refractivity contribution < 1.29 is 13.2 Å². The molecule has 17 heavy (non-hydrogen) atoms. The number of amides is 1. The van der Waals surface area contributed by atoms with Crippen LogP contribution in [0.1, 0.15) is 32.6 Å². The average molecular weight is 262 g/mol. The van der Waals surface area contributed by atoms with Crippen LogP contribution in [0, 0.1) is 5.41 Å². The molecule has 3 N–H and O–H groups in total. The lowest BCUT2D eigenvalue weighted by Crippen LogP contribution is -2.45. The lowest BCUT2D eigenvalue weighted by atomic mass is 9.85. The maximum Gasteiger partial charge on any atom is 0.227 e. The van der Waals surface area contributed by atoms with Gasteiger partial charge in [-0.05, 0) is 12.8 Å². The van der Waals surface area contributed by atoms with Gasteiger partial charge in [-0.15, -0.1) is 0 Å². The second kappa shape index (κ2) is 5.82. The molecular formula is C11H22N2O3S. The third kappa shape index (κ3) is 3.67. The minimum Gasteiger partial charge on any atom is -0.355 e. The van der Waals surface area contributed by atoms with Gasteiger partial charge in [0.05, 0.1) is 11.2 Å². The molecule has 1 rings (SSSR count). The van der Waals surface area contributed by atoms with E-state index in [4.69, 9.17) is 5.73 Å². The van der Waals surface area contributed by atoms with Crippen LogP contribution in [0.15, 0.2) is 0 Å². The molecule has 0 aromatic heterocycles. The number of rotatable bonds is 6. The Morgan fingerprint density at radius 1 is 1.35 bits per heavy atom. The Balaban J connectivity index is 2.44. The van der Waals surface area contributed by atoms with Crippen LogP contribution in [-0.4, -0.2) is 38.9 Å². The standard InChI is InChI=1S/C11H22N2O3S/c1-2-17(15,16)8-7-13-10(14)11(9-12)5-3-4-6-11/h2-9,12H2,1H3,(H,13,14). The van der Waals surface area contributed by atoms with Gasteiger partial charge in [-0.3, -0.25) is 4.79 Å². The highest BCUT2D eigenvalue weighted by molar-refractivity contribution is 7.91. The Morgan fingerprint density at radius 2 is 1.94 bits per heavy atom. The van der Waals surface area contributed by atoms with E-state index in [2.05, 4.69) is 5.32 Å². The van der Waals surface area contributed by atoms with Gasteiger partial charge in [0.1, 0.15) is 0 Å². The zero-order valence-electron chi connectivity index (χ0n) is 10.4. The molecule has 0 bridgehead atoms. The summed E-state index contributed by atoms with van der Waals surface area (Å²) in [4.78, 5) is 12.0. The van der Waals surface area contributed by atoms with Crippen LogP contribution in [0.4, 0.5) is 0 Å². The number of hydrogen-bond donors (Lipinski definition) is 2. The molecule has 5 nitrogen and oxygen atoms in total. The number of carbonyl (C=O) groups excluding carboxylic acids is 1. The van der Waals surface area contributed by atoms with E-state index in [9.17, 15) is 13.2 Å². The Labute approximate surface area is 103 Å². The highest BCUT2D eigenvalue weighted by Crippen LogP contribution is 2.37. The molecule has 0 unspecified atom stereocenters. The first-order valence-electron chi connectivity index (χ1n) is 6.14. The van der Waals surface area contributed by atoms with Crippen molar-refractivity contribution in [3.05, 3.63) is 0 Å². The average Bonchev–Trinajstić information content (AvgIpc) is 2.78. The quantitative estimate of drug-likeness (QED) is 0.708. The van der Waals surface area contributed by atoms with Gasteiger partial charge in [-0.1, -0.05) is 19.8 Å². The van der Waals surface area contributed by atoms with Crippen molar-refractivity contribution in [3.63, 3.8) is 0 Å². The second-order valence-corrected chi connectivity index (χ2v) is 7.16. The SMILES string of the molecule is CCS(=O)(=O)CCNC(=O)C1(CN)CCCC1. The minimum atomic E-state index is -3.01. The molecule has 0 atom stereocenters. The monoisotopic (exact) mass is 262 g/mol. The van der Waals surface area contributed by atoms with Crippen LogP contribution < -0.4 is 11.1 Å². The number of nitrogens with one attached hydrogen (secondary N) is 1. The smallest absolute Gasteiger partial charge is 0.227 e. The molecule has 1 amide bonds. The van der Waals surface area contributed by atoms with Gasteiger partial charge in [-0.25, -0.2) is 8.42 Å². The van der Waals surface area contributed by atoms with Gasteiger partial charge in [0.25, 0.3) is 0 Å². The number of sulfone groups is 1. The molecule has 1 saturated carbocycles. The van der Waals surface area contributed by atoms with Crippen LogP contribution in [0.3, 0.4) is 0 Å². The van der Waals surface area contributed by atoms with E-state index in [1.165, 1.54) is 0 Å². The zero-order valence-corrected chi connectivity index (χ0v) is 11.2. The number of nitrogens with two attached hydrogens (primary N) is 1. The van der Waals surface area contributed by atoms with Gasteiger partial charge in [0.15, 0.2) is 9.84 Å². The largest absolute Gasteiger partial charge is 0.355 e. The van der Waals surface area contributed by atoms with Crippen LogP contribution in [0.5, 0.6) is 0 Å². The molecule has 100 valence electrons. The van der Waals surface area contributed by atoms with Crippen molar-refractivity contribution in [2.45, 2.75) is 32.6 Å². The van der Waals surface area contributed by atoms with Crippen LogP contribution in [0.25, 0.3) is 0 Å². The van der Waals surface area contributed by atoms with Crippen molar-refractivity contribution in [1.82, 2.24) is 5.32 Å². The molecule has 1 fully saturated rings. The van der Waals surface area contributed by atoms with Gasteiger partial charge in [0, 0.05) is 18.8 Å².